The fourth-order valence-corrected chi connectivity index (χ4v) is 3.18. The Hall–Kier alpha value is -2.67. The Morgan fingerprint density at radius 1 is 1.19 bits per heavy atom. The molecule has 0 amide bonds. The number of pyridine rings is 1. The molecule has 0 saturated carbocycles. The van der Waals surface area contributed by atoms with Crippen LogP contribution in [-0.4, -0.2) is 45.5 Å². The van der Waals surface area contributed by atoms with E-state index in [1.54, 1.807) is 12.5 Å². The molecule has 4 heterocycles. The summed E-state index contributed by atoms with van der Waals surface area (Å²) in [6.45, 7) is 7.21. The summed E-state index contributed by atoms with van der Waals surface area (Å²) in [6, 6.07) is 9.65. The first-order valence-corrected chi connectivity index (χ1v) is 8.96. The number of furan rings is 1. The summed E-state index contributed by atoms with van der Waals surface area (Å²) in [5, 5.41) is 8.93. The van der Waals surface area contributed by atoms with Crippen molar-refractivity contribution in [1.29, 1.82) is 0 Å². The van der Waals surface area contributed by atoms with E-state index in [-0.39, 0.29) is 6.10 Å². The number of morpholine rings is 1. The van der Waals surface area contributed by atoms with Crippen LogP contribution in [0.25, 0.3) is 11.5 Å². The van der Waals surface area contributed by atoms with Crippen molar-refractivity contribution in [2.24, 2.45) is 5.92 Å². The Kier molecular flexibility index (Phi) is 4.71. The molecule has 136 valence electrons. The van der Waals surface area contributed by atoms with E-state index in [0.29, 0.717) is 19.1 Å². The van der Waals surface area contributed by atoms with E-state index >= 15 is 0 Å². The molecule has 26 heavy (non-hydrogen) atoms. The number of nitrogens with zero attached hydrogens (tertiary/aromatic N) is 5. The zero-order valence-electron chi connectivity index (χ0n) is 15.1. The van der Waals surface area contributed by atoms with Gasteiger partial charge in [0.2, 0.25) is 5.95 Å². The minimum absolute atomic E-state index is 0.191. The third-order valence-electron chi connectivity index (χ3n) is 4.64. The molecule has 1 aliphatic heterocycles. The highest BCUT2D eigenvalue weighted by Crippen LogP contribution is 2.25. The van der Waals surface area contributed by atoms with Crippen LogP contribution in [-0.2, 0) is 11.3 Å². The molecule has 1 fully saturated rings. The van der Waals surface area contributed by atoms with Crippen LogP contribution in [0, 0.1) is 5.92 Å². The Morgan fingerprint density at radius 3 is 2.85 bits per heavy atom. The van der Waals surface area contributed by atoms with Crippen molar-refractivity contribution in [2.45, 2.75) is 26.5 Å². The monoisotopic (exact) mass is 353 g/mol. The van der Waals surface area contributed by atoms with Gasteiger partial charge in [-0.25, -0.2) is 0 Å². The molecule has 7 heteroatoms. The number of aromatic nitrogens is 4. The third-order valence-corrected chi connectivity index (χ3v) is 4.64. The zero-order valence-corrected chi connectivity index (χ0v) is 15.1. The number of rotatable bonds is 5. The van der Waals surface area contributed by atoms with Crippen LogP contribution in [0.5, 0.6) is 0 Å². The van der Waals surface area contributed by atoms with Gasteiger partial charge in [0.15, 0.2) is 5.82 Å². The van der Waals surface area contributed by atoms with Crippen molar-refractivity contribution in [3.63, 3.8) is 0 Å². The maximum atomic E-state index is 5.90. The molecule has 1 saturated heterocycles. The quantitative estimate of drug-likeness (QED) is 0.702. The van der Waals surface area contributed by atoms with E-state index in [4.69, 9.17) is 9.15 Å². The van der Waals surface area contributed by atoms with E-state index in [1.165, 1.54) is 0 Å². The van der Waals surface area contributed by atoms with Crippen LogP contribution in [0.4, 0.5) is 5.95 Å². The molecule has 1 unspecified atom stereocenters. The molecular formula is C19H23N5O2. The van der Waals surface area contributed by atoms with Crippen LogP contribution in [0.2, 0.25) is 0 Å². The minimum Gasteiger partial charge on any atom is -0.467 e. The Balaban J connectivity index is 1.71. The van der Waals surface area contributed by atoms with Crippen molar-refractivity contribution < 1.29 is 9.15 Å². The smallest absolute Gasteiger partial charge is 0.228 e. The lowest BCUT2D eigenvalue weighted by atomic mass is 10.1. The number of hydrogen-bond acceptors (Lipinski definition) is 6. The second-order valence-electron chi connectivity index (χ2n) is 6.80. The third kappa shape index (κ3) is 3.35. The Bertz CT molecular complexity index is 829. The van der Waals surface area contributed by atoms with Gasteiger partial charge in [0.1, 0.15) is 11.5 Å². The van der Waals surface area contributed by atoms with E-state index < -0.39 is 0 Å². The highest BCUT2D eigenvalue weighted by molar-refractivity contribution is 5.53. The molecule has 1 atom stereocenters. The summed E-state index contributed by atoms with van der Waals surface area (Å²) in [7, 11) is 0. The van der Waals surface area contributed by atoms with E-state index in [2.05, 4.69) is 38.5 Å². The van der Waals surface area contributed by atoms with Crippen LogP contribution in [0.15, 0.2) is 47.2 Å². The van der Waals surface area contributed by atoms with Crippen molar-refractivity contribution in [1.82, 2.24) is 19.7 Å². The summed E-state index contributed by atoms with van der Waals surface area (Å²) in [4.78, 5) is 6.69. The maximum absolute atomic E-state index is 5.90. The minimum atomic E-state index is 0.191. The van der Waals surface area contributed by atoms with Gasteiger partial charge in [-0.3, -0.25) is 9.55 Å². The van der Waals surface area contributed by atoms with Crippen molar-refractivity contribution in [2.75, 3.05) is 24.6 Å². The molecule has 0 aromatic carbocycles. The first-order chi connectivity index (χ1) is 12.7. The highest BCUT2D eigenvalue weighted by Gasteiger charge is 2.28. The second-order valence-corrected chi connectivity index (χ2v) is 6.80. The summed E-state index contributed by atoms with van der Waals surface area (Å²) < 4.78 is 13.5. The van der Waals surface area contributed by atoms with E-state index in [0.717, 1.165) is 36.3 Å². The first kappa shape index (κ1) is 16.8. The lowest BCUT2D eigenvalue weighted by Gasteiger charge is -2.35. The van der Waals surface area contributed by atoms with Crippen molar-refractivity contribution >= 4 is 5.95 Å². The number of ether oxygens (including phenoxy) is 1. The molecule has 0 N–H and O–H groups in total. The van der Waals surface area contributed by atoms with Gasteiger partial charge in [-0.15, -0.1) is 10.2 Å². The molecule has 0 radical (unpaired) electrons. The molecule has 4 rings (SSSR count). The van der Waals surface area contributed by atoms with Gasteiger partial charge < -0.3 is 14.1 Å². The topological polar surface area (TPSA) is 69.2 Å². The van der Waals surface area contributed by atoms with Gasteiger partial charge in [-0.1, -0.05) is 19.9 Å². The largest absolute Gasteiger partial charge is 0.467 e. The molecule has 3 aromatic heterocycles. The van der Waals surface area contributed by atoms with Crippen LogP contribution < -0.4 is 4.90 Å². The Labute approximate surface area is 152 Å². The molecule has 1 aliphatic rings. The van der Waals surface area contributed by atoms with Gasteiger partial charge in [0, 0.05) is 19.3 Å². The molecule has 0 spiro atoms. The summed E-state index contributed by atoms with van der Waals surface area (Å²) >= 11 is 0. The number of anilines is 1. The molecular weight excluding hydrogens is 330 g/mol. The van der Waals surface area contributed by atoms with E-state index in [9.17, 15) is 0 Å². The molecule has 0 aliphatic carbocycles. The van der Waals surface area contributed by atoms with Gasteiger partial charge in [0.05, 0.1) is 25.5 Å². The van der Waals surface area contributed by atoms with E-state index in [1.807, 2.05) is 30.3 Å². The van der Waals surface area contributed by atoms with Crippen molar-refractivity contribution in [3.8, 4) is 11.5 Å². The van der Waals surface area contributed by atoms with Crippen LogP contribution >= 0.6 is 0 Å². The zero-order chi connectivity index (χ0) is 17.9. The molecule has 0 bridgehead atoms. The molecule has 3 aromatic rings. The predicted molar refractivity (Wildman–Crippen MR) is 97.9 cm³/mol. The number of hydrogen-bond donors (Lipinski definition) is 0. The van der Waals surface area contributed by atoms with Crippen LogP contribution in [0.1, 0.15) is 19.6 Å². The predicted octanol–water partition coefficient (Wildman–Crippen LogP) is 2.84. The fourth-order valence-electron chi connectivity index (χ4n) is 3.18. The average molecular weight is 353 g/mol. The average Bonchev–Trinajstić information content (AvgIpc) is 3.33. The van der Waals surface area contributed by atoms with Crippen molar-refractivity contribution in [3.05, 3.63) is 48.6 Å². The maximum Gasteiger partial charge on any atom is 0.228 e. The summed E-state index contributed by atoms with van der Waals surface area (Å²) in [5.41, 5.74) is 0.798. The Morgan fingerprint density at radius 2 is 2.12 bits per heavy atom. The lowest BCUT2D eigenvalue weighted by Crippen LogP contribution is -2.45. The first-order valence-electron chi connectivity index (χ1n) is 8.96. The van der Waals surface area contributed by atoms with Gasteiger partial charge >= 0.3 is 0 Å². The van der Waals surface area contributed by atoms with Gasteiger partial charge in [-0.2, -0.15) is 0 Å². The lowest BCUT2D eigenvalue weighted by molar-refractivity contribution is 0.0107. The standard InChI is InChI=1S/C19H23N5O2/c1-14(2)17-13-23(9-11-26-17)19-22-21-18(16-7-3-4-8-20-16)24(19)12-15-6-5-10-25-15/h3-8,10,14,17H,9,11-13H2,1-2H3. The normalized spacial score (nSPS) is 17.8. The fraction of sp³-hybridized carbons (Fsp3) is 0.421. The highest BCUT2D eigenvalue weighted by atomic mass is 16.5. The van der Waals surface area contributed by atoms with Gasteiger partial charge in [-0.05, 0) is 30.2 Å². The summed E-state index contributed by atoms with van der Waals surface area (Å²) in [6.07, 6.45) is 3.64. The molecule has 7 nitrogen and oxygen atoms in total. The second kappa shape index (κ2) is 7.29. The SMILES string of the molecule is CC(C)C1CN(c2nnc(-c3ccccn3)n2Cc2ccco2)CCO1. The van der Waals surface area contributed by atoms with Crippen LogP contribution in [0.3, 0.4) is 0 Å². The summed E-state index contributed by atoms with van der Waals surface area (Å²) in [5.74, 6) is 2.88. The van der Waals surface area contributed by atoms with Gasteiger partial charge in [0.25, 0.3) is 0 Å².